The number of amides is 1. The maximum atomic E-state index is 12.4. The molecular weight excluding hydrogens is 671 g/mol. The second-order valence-corrected chi connectivity index (χ2v) is 15.7. The Labute approximate surface area is 334 Å². The highest BCUT2D eigenvalue weighted by molar-refractivity contribution is 5.76. The van der Waals surface area contributed by atoms with E-state index in [2.05, 4.69) is 43.5 Å². The molecule has 54 heavy (non-hydrogen) atoms. The molecule has 3 N–H and O–H groups in total. The zero-order chi connectivity index (χ0) is 39.4. The molecule has 0 aliphatic rings. The molecule has 0 rings (SSSR count). The van der Waals surface area contributed by atoms with E-state index in [1.165, 1.54) is 141 Å². The fourth-order valence-electron chi connectivity index (χ4n) is 6.78. The van der Waals surface area contributed by atoms with Crippen molar-refractivity contribution in [3.8, 4) is 0 Å². The number of hydrogen-bond acceptors (Lipinski definition) is 5. The lowest BCUT2D eigenvalue weighted by molar-refractivity contribution is -0.143. The molecule has 2 unspecified atom stereocenters. The molecule has 0 spiro atoms. The summed E-state index contributed by atoms with van der Waals surface area (Å²) in [7, 11) is 0. The standard InChI is InChI=1S/C48H89NO5/c1-3-5-7-9-11-13-15-16-17-18-19-20-21-22-26-30-34-38-42-48(53)54-43-39-35-31-27-23-25-29-33-37-41-47(52)49-45(44-50)46(51)40-36-32-28-24-14-12-10-8-6-4-2/h13,15,17-18,36,40,45-46,50-51H,3-12,14,16,19-35,37-39,41-44H2,1-2H3,(H,49,52)/b15-13-,18-17-,40-36+. The van der Waals surface area contributed by atoms with Gasteiger partial charge in [0.15, 0.2) is 0 Å². The number of allylic oxidation sites excluding steroid dienone is 5. The average molecular weight is 760 g/mol. The largest absolute Gasteiger partial charge is 0.466 e. The zero-order valence-electron chi connectivity index (χ0n) is 35.7. The lowest BCUT2D eigenvalue weighted by Gasteiger charge is -2.20. The van der Waals surface area contributed by atoms with Gasteiger partial charge in [-0.15, -0.1) is 0 Å². The van der Waals surface area contributed by atoms with E-state index in [4.69, 9.17) is 4.74 Å². The van der Waals surface area contributed by atoms with Crippen LogP contribution in [0.15, 0.2) is 36.5 Å². The summed E-state index contributed by atoms with van der Waals surface area (Å²) in [5.74, 6) is -0.136. The summed E-state index contributed by atoms with van der Waals surface area (Å²) in [4.78, 5) is 24.4. The second kappa shape index (κ2) is 43.8. The Kier molecular flexibility index (Phi) is 42.2. The van der Waals surface area contributed by atoms with Crippen LogP contribution in [0.2, 0.25) is 0 Å². The Balaban J connectivity index is 3.51. The van der Waals surface area contributed by atoms with Crippen molar-refractivity contribution in [2.24, 2.45) is 0 Å². The molecule has 6 heteroatoms. The van der Waals surface area contributed by atoms with Crippen molar-refractivity contribution in [2.45, 2.75) is 244 Å². The van der Waals surface area contributed by atoms with Crippen LogP contribution in [0.5, 0.6) is 0 Å². The lowest BCUT2D eigenvalue weighted by atomic mass is 10.1. The Bertz CT molecular complexity index is 884. The third-order valence-corrected chi connectivity index (χ3v) is 10.4. The number of nitrogens with one attached hydrogen (secondary N) is 1. The number of rotatable bonds is 42. The van der Waals surface area contributed by atoms with Crippen molar-refractivity contribution >= 4 is 11.9 Å². The van der Waals surface area contributed by atoms with Crippen LogP contribution in [0.3, 0.4) is 0 Å². The summed E-state index contributed by atoms with van der Waals surface area (Å²) < 4.78 is 5.44. The smallest absolute Gasteiger partial charge is 0.305 e. The Hall–Kier alpha value is -1.92. The molecule has 0 heterocycles. The SMILES string of the molecule is CCCCCC/C=C\C/C=C\CCCCCCCCCC(=O)OCCCCCCCCCCCC(=O)NC(CO)C(O)/C=C/CCCCCCCCCC. The van der Waals surface area contributed by atoms with E-state index < -0.39 is 12.1 Å². The number of ether oxygens (including phenoxy) is 1. The summed E-state index contributed by atoms with van der Waals surface area (Å²) in [6, 6.07) is -0.647. The van der Waals surface area contributed by atoms with Crippen molar-refractivity contribution < 1.29 is 24.5 Å². The fourth-order valence-corrected chi connectivity index (χ4v) is 6.78. The predicted molar refractivity (Wildman–Crippen MR) is 232 cm³/mol. The number of hydrogen-bond donors (Lipinski definition) is 3. The van der Waals surface area contributed by atoms with Crippen molar-refractivity contribution in [3.63, 3.8) is 0 Å². The maximum absolute atomic E-state index is 12.4. The molecule has 6 nitrogen and oxygen atoms in total. The zero-order valence-corrected chi connectivity index (χ0v) is 35.7. The van der Waals surface area contributed by atoms with Crippen LogP contribution < -0.4 is 5.32 Å². The summed E-state index contributed by atoms with van der Waals surface area (Å²) in [5, 5.41) is 22.9. The van der Waals surface area contributed by atoms with Gasteiger partial charge in [0.05, 0.1) is 25.4 Å². The number of esters is 1. The minimum absolute atomic E-state index is 0.0361. The van der Waals surface area contributed by atoms with Gasteiger partial charge < -0.3 is 20.3 Å². The minimum atomic E-state index is -0.860. The Morgan fingerprint density at radius 2 is 0.926 bits per heavy atom. The van der Waals surface area contributed by atoms with Gasteiger partial charge in [-0.05, 0) is 64.2 Å². The van der Waals surface area contributed by atoms with Gasteiger partial charge in [-0.1, -0.05) is 192 Å². The van der Waals surface area contributed by atoms with Crippen LogP contribution in [-0.4, -0.2) is 47.4 Å². The van der Waals surface area contributed by atoms with Crippen molar-refractivity contribution in [3.05, 3.63) is 36.5 Å². The highest BCUT2D eigenvalue weighted by Gasteiger charge is 2.18. The minimum Gasteiger partial charge on any atom is -0.466 e. The topological polar surface area (TPSA) is 95.9 Å². The first-order valence-corrected chi connectivity index (χ1v) is 23.3. The van der Waals surface area contributed by atoms with Crippen molar-refractivity contribution in [2.75, 3.05) is 13.2 Å². The van der Waals surface area contributed by atoms with Gasteiger partial charge in [0.1, 0.15) is 0 Å². The first kappa shape index (κ1) is 52.1. The Morgan fingerprint density at radius 3 is 1.43 bits per heavy atom. The number of carbonyl (C=O) groups is 2. The first-order chi connectivity index (χ1) is 26.5. The van der Waals surface area contributed by atoms with E-state index >= 15 is 0 Å². The lowest BCUT2D eigenvalue weighted by Crippen LogP contribution is -2.45. The highest BCUT2D eigenvalue weighted by atomic mass is 16.5. The molecule has 0 saturated carbocycles. The van der Waals surface area contributed by atoms with Gasteiger partial charge in [0, 0.05) is 12.8 Å². The Morgan fingerprint density at radius 1 is 0.519 bits per heavy atom. The van der Waals surface area contributed by atoms with E-state index in [9.17, 15) is 19.8 Å². The molecule has 0 saturated heterocycles. The van der Waals surface area contributed by atoms with Gasteiger partial charge in [0.2, 0.25) is 5.91 Å². The monoisotopic (exact) mass is 760 g/mol. The van der Waals surface area contributed by atoms with Crippen LogP contribution in [0, 0.1) is 0 Å². The average Bonchev–Trinajstić information content (AvgIpc) is 3.17. The summed E-state index contributed by atoms with van der Waals surface area (Å²) >= 11 is 0. The molecule has 2 atom stereocenters. The quantitative estimate of drug-likeness (QED) is 0.0327. The molecule has 0 aliphatic carbocycles. The number of aliphatic hydroxyl groups excluding tert-OH is 2. The van der Waals surface area contributed by atoms with Gasteiger partial charge in [-0.25, -0.2) is 0 Å². The molecule has 0 aliphatic heterocycles. The first-order valence-electron chi connectivity index (χ1n) is 23.3. The highest BCUT2D eigenvalue weighted by Crippen LogP contribution is 2.14. The van der Waals surface area contributed by atoms with Crippen LogP contribution >= 0.6 is 0 Å². The predicted octanol–water partition coefficient (Wildman–Crippen LogP) is 13.3. The number of carbonyl (C=O) groups excluding carboxylic acids is 2. The van der Waals surface area contributed by atoms with E-state index in [0.29, 0.717) is 19.4 Å². The molecule has 0 radical (unpaired) electrons. The van der Waals surface area contributed by atoms with Crippen LogP contribution in [-0.2, 0) is 14.3 Å². The molecule has 0 aromatic heterocycles. The van der Waals surface area contributed by atoms with Gasteiger partial charge in [-0.3, -0.25) is 9.59 Å². The molecule has 0 bridgehead atoms. The van der Waals surface area contributed by atoms with Gasteiger partial charge in [-0.2, -0.15) is 0 Å². The third-order valence-electron chi connectivity index (χ3n) is 10.4. The maximum Gasteiger partial charge on any atom is 0.305 e. The van der Waals surface area contributed by atoms with Crippen molar-refractivity contribution in [1.82, 2.24) is 5.32 Å². The molecule has 0 aromatic rings. The summed E-state index contributed by atoms with van der Waals surface area (Å²) in [6.45, 7) is 4.78. The normalized spacial score (nSPS) is 13.0. The third kappa shape index (κ3) is 39.8. The van der Waals surface area contributed by atoms with Crippen LogP contribution in [0.1, 0.15) is 232 Å². The molecule has 0 fully saturated rings. The van der Waals surface area contributed by atoms with Crippen LogP contribution in [0.25, 0.3) is 0 Å². The second-order valence-electron chi connectivity index (χ2n) is 15.7. The molecule has 0 aromatic carbocycles. The van der Waals surface area contributed by atoms with E-state index in [1.807, 2.05) is 6.08 Å². The number of unbranched alkanes of at least 4 members (excludes halogenated alkanes) is 27. The molecule has 316 valence electrons. The summed E-state index contributed by atoms with van der Waals surface area (Å²) in [6.07, 6.45) is 51.3. The molecular formula is C48H89NO5. The molecule has 1 amide bonds. The summed E-state index contributed by atoms with van der Waals surface area (Å²) in [5.41, 5.74) is 0. The van der Waals surface area contributed by atoms with Crippen LogP contribution in [0.4, 0.5) is 0 Å². The fraction of sp³-hybridized carbons (Fsp3) is 0.833. The van der Waals surface area contributed by atoms with E-state index in [-0.39, 0.29) is 18.5 Å². The van der Waals surface area contributed by atoms with E-state index in [1.54, 1.807) is 6.08 Å². The van der Waals surface area contributed by atoms with Crippen molar-refractivity contribution in [1.29, 1.82) is 0 Å². The van der Waals surface area contributed by atoms with Gasteiger partial charge in [0.25, 0.3) is 0 Å². The van der Waals surface area contributed by atoms with E-state index in [0.717, 1.165) is 64.2 Å². The number of aliphatic hydroxyl groups is 2. The van der Waals surface area contributed by atoms with Gasteiger partial charge >= 0.3 is 5.97 Å².